The summed E-state index contributed by atoms with van der Waals surface area (Å²) in [5.74, 6) is -4.96. The Morgan fingerprint density at radius 1 is 0.727 bits per heavy atom. The number of fused-ring (bicyclic) bond motifs is 4. The number of ether oxygens (including phenoxy) is 4. The molecule has 2 N–H and O–H groups in total. The van der Waals surface area contributed by atoms with E-state index in [1.807, 2.05) is 54.6 Å². The van der Waals surface area contributed by atoms with Crippen LogP contribution in [0.25, 0.3) is 18.2 Å². The third-order valence-electron chi connectivity index (χ3n) is 13.3. The van der Waals surface area contributed by atoms with E-state index in [2.05, 4.69) is 5.43 Å². The monoisotopic (exact) mass is 909 g/mol. The number of hydrogen-bond donors (Lipinski definition) is 2. The van der Waals surface area contributed by atoms with E-state index in [9.17, 15) is 23.9 Å². The van der Waals surface area contributed by atoms with Gasteiger partial charge in [0.2, 0.25) is 17.6 Å². The molecule has 14 heteroatoms. The minimum absolute atomic E-state index is 0.0668. The molecule has 2 saturated heterocycles. The number of amides is 4. The minimum atomic E-state index is -1.57. The van der Waals surface area contributed by atoms with E-state index < -0.39 is 58.5 Å². The Bertz CT molecular complexity index is 2820. The predicted molar refractivity (Wildman–Crippen MR) is 247 cm³/mol. The SMILES string of the molecule is COc1ccc(OC)c(C=Cc2ccc(N3C(=O)[C@H]4[C@H](CC=C5[C@H]4C[C@H]4C(=O)N(Nc6ccc(F)cc6)C(=O)[C@@]4(c4ccc(Cl)cc4)[C@H]5C=Cc4cc(OC)c(O)c(OC)c4)C3=O)cc2)c1. The molecular formula is C52H45ClFN3O9. The molecule has 1 saturated carbocycles. The summed E-state index contributed by atoms with van der Waals surface area (Å²) < 4.78 is 35.8. The molecule has 5 aromatic carbocycles. The number of hydrazine groups is 1. The molecule has 9 rings (SSSR count). The summed E-state index contributed by atoms with van der Waals surface area (Å²) in [4.78, 5) is 61.0. The normalized spacial score (nSPS) is 23.5. The minimum Gasteiger partial charge on any atom is -0.502 e. The summed E-state index contributed by atoms with van der Waals surface area (Å²) >= 11 is 6.43. The van der Waals surface area contributed by atoms with Crippen molar-refractivity contribution < 1.29 is 47.6 Å². The number of aromatic hydroxyl groups is 1. The van der Waals surface area contributed by atoms with Gasteiger partial charge in [0.05, 0.1) is 63.0 Å². The van der Waals surface area contributed by atoms with E-state index in [4.69, 9.17) is 30.5 Å². The number of nitrogens with zero attached hydrogens (tertiary/aromatic N) is 2. The molecule has 0 radical (unpaired) electrons. The quantitative estimate of drug-likeness (QED) is 0.0707. The molecule has 0 spiro atoms. The maximum absolute atomic E-state index is 15.4. The first-order valence-electron chi connectivity index (χ1n) is 21.3. The fourth-order valence-electron chi connectivity index (χ4n) is 10.3. The third-order valence-corrected chi connectivity index (χ3v) is 13.6. The molecule has 3 fully saturated rings. The van der Waals surface area contributed by atoms with Gasteiger partial charge in [-0.25, -0.2) is 4.39 Å². The largest absolute Gasteiger partial charge is 0.502 e. The lowest BCUT2D eigenvalue weighted by Gasteiger charge is -2.49. The number of carbonyl (C=O) groups is 4. The van der Waals surface area contributed by atoms with Gasteiger partial charge in [-0.3, -0.25) is 29.5 Å². The van der Waals surface area contributed by atoms with Crippen LogP contribution in [0.2, 0.25) is 5.02 Å². The molecule has 2 aliphatic carbocycles. The first-order chi connectivity index (χ1) is 31.9. The molecule has 0 aromatic heterocycles. The molecule has 336 valence electrons. The van der Waals surface area contributed by atoms with Gasteiger partial charge in [0, 0.05) is 16.5 Å². The summed E-state index contributed by atoms with van der Waals surface area (Å²) in [6, 6.07) is 27.9. The van der Waals surface area contributed by atoms with Crippen molar-refractivity contribution >= 4 is 64.8 Å². The molecule has 4 amide bonds. The van der Waals surface area contributed by atoms with Gasteiger partial charge in [-0.05, 0) is 114 Å². The standard InChI is InChI=1S/C52H45ClFN3O9/c1-63-37-20-24-43(64-2)31(27-37)9-5-29-6-18-36(19-7-29)56-48(59)39-22-21-38-40(46(39)50(56)61)28-42-49(60)57(55-35-16-14-34(54)15-17-35)51(62)52(42,32-10-12-33(53)13-11-32)41(38)23-8-30-25-44(65-3)47(58)45(26-30)66-4/h5-21,23-27,39-42,46,55,58H,22,28H2,1-4H3/t39-,40+,41-,42-,46-,52-/m0/s1. The second-order valence-corrected chi connectivity index (χ2v) is 17.0. The third kappa shape index (κ3) is 7.33. The van der Waals surface area contributed by atoms with Gasteiger partial charge in [0.25, 0.3) is 11.8 Å². The molecule has 2 aliphatic heterocycles. The van der Waals surface area contributed by atoms with Gasteiger partial charge in [-0.2, -0.15) is 5.01 Å². The average molecular weight is 910 g/mol. The van der Waals surface area contributed by atoms with E-state index in [1.165, 1.54) is 43.4 Å². The Labute approximate surface area is 385 Å². The van der Waals surface area contributed by atoms with Gasteiger partial charge in [-0.15, -0.1) is 0 Å². The molecule has 2 heterocycles. The first-order valence-corrected chi connectivity index (χ1v) is 21.7. The number of nitrogens with one attached hydrogen (secondary N) is 1. The lowest BCUT2D eigenvalue weighted by atomic mass is 9.50. The lowest BCUT2D eigenvalue weighted by Crippen LogP contribution is -2.54. The number of halogens is 2. The van der Waals surface area contributed by atoms with Gasteiger partial charge in [0.1, 0.15) is 17.3 Å². The molecule has 5 aromatic rings. The summed E-state index contributed by atoms with van der Waals surface area (Å²) in [5.41, 5.74) is 5.53. The van der Waals surface area contributed by atoms with Gasteiger partial charge in [-0.1, -0.05) is 71.8 Å². The van der Waals surface area contributed by atoms with Crippen molar-refractivity contribution in [3.05, 3.63) is 154 Å². The zero-order valence-corrected chi connectivity index (χ0v) is 37.1. The Morgan fingerprint density at radius 2 is 1.41 bits per heavy atom. The van der Waals surface area contributed by atoms with Crippen LogP contribution in [-0.4, -0.2) is 62.2 Å². The van der Waals surface area contributed by atoms with Crippen LogP contribution in [0.4, 0.5) is 15.8 Å². The van der Waals surface area contributed by atoms with Crippen molar-refractivity contribution in [1.29, 1.82) is 0 Å². The second kappa shape index (κ2) is 17.5. The van der Waals surface area contributed by atoms with Crippen LogP contribution in [0, 0.1) is 35.4 Å². The summed E-state index contributed by atoms with van der Waals surface area (Å²) in [6.45, 7) is 0. The topological polar surface area (TPSA) is 144 Å². The van der Waals surface area contributed by atoms with Crippen molar-refractivity contribution in [2.75, 3.05) is 38.8 Å². The highest BCUT2D eigenvalue weighted by Crippen LogP contribution is 2.62. The number of carbonyl (C=O) groups excluding carboxylic acids is 4. The van der Waals surface area contributed by atoms with Crippen LogP contribution in [0.1, 0.15) is 35.1 Å². The van der Waals surface area contributed by atoms with Crippen LogP contribution in [0.3, 0.4) is 0 Å². The molecule has 0 unspecified atom stereocenters. The van der Waals surface area contributed by atoms with E-state index in [0.29, 0.717) is 39.0 Å². The van der Waals surface area contributed by atoms with E-state index in [1.54, 1.807) is 68.8 Å². The zero-order valence-electron chi connectivity index (χ0n) is 36.4. The number of methoxy groups -OCH3 is 4. The van der Waals surface area contributed by atoms with E-state index in [-0.39, 0.29) is 36.0 Å². The Kier molecular flexibility index (Phi) is 11.7. The van der Waals surface area contributed by atoms with Crippen LogP contribution in [-0.2, 0) is 24.6 Å². The predicted octanol–water partition coefficient (Wildman–Crippen LogP) is 9.12. The summed E-state index contributed by atoms with van der Waals surface area (Å²) in [7, 11) is 6.01. The summed E-state index contributed by atoms with van der Waals surface area (Å²) in [5, 5.41) is 12.1. The molecule has 0 bridgehead atoms. The van der Waals surface area contributed by atoms with Crippen LogP contribution < -0.4 is 29.3 Å². The maximum Gasteiger partial charge on any atom is 0.260 e. The van der Waals surface area contributed by atoms with Gasteiger partial charge in [0.15, 0.2) is 11.5 Å². The second-order valence-electron chi connectivity index (χ2n) is 16.6. The fourth-order valence-corrected chi connectivity index (χ4v) is 10.4. The maximum atomic E-state index is 15.4. The number of phenols is 1. The van der Waals surface area contributed by atoms with Gasteiger partial charge < -0.3 is 24.1 Å². The highest BCUT2D eigenvalue weighted by molar-refractivity contribution is 6.30. The van der Waals surface area contributed by atoms with Crippen LogP contribution >= 0.6 is 11.6 Å². The Balaban J connectivity index is 1.12. The molecule has 66 heavy (non-hydrogen) atoms. The van der Waals surface area contributed by atoms with Crippen LogP contribution in [0.5, 0.6) is 28.7 Å². The number of benzene rings is 5. The number of rotatable bonds is 12. The number of anilines is 2. The molecule has 12 nitrogen and oxygen atoms in total. The number of phenolic OH excluding ortho intramolecular Hbond substituents is 1. The number of allylic oxidation sites excluding steroid dienone is 3. The molecular weight excluding hydrogens is 865 g/mol. The zero-order chi connectivity index (χ0) is 46.4. The van der Waals surface area contributed by atoms with E-state index >= 15 is 4.79 Å². The van der Waals surface area contributed by atoms with Crippen molar-refractivity contribution in [3.8, 4) is 28.7 Å². The lowest BCUT2D eigenvalue weighted by molar-refractivity contribution is -0.139. The Hall–Kier alpha value is -7.38. The Morgan fingerprint density at radius 3 is 2.06 bits per heavy atom. The summed E-state index contributed by atoms with van der Waals surface area (Å²) in [6.07, 6.45) is 9.62. The average Bonchev–Trinajstić information content (AvgIpc) is 3.71. The number of imide groups is 2. The smallest absolute Gasteiger partial charge is 0.260 e. The molecule has 6 atom stereocenters. The first kappa shape index (κ1) is 43.9. The number of hydrogen-bond acceptors (Lipinski definition) is 10. The van der Waals surface area contributed by atoms with Crippen molar-refractivity contribution in [1.82, 2.24) is 5.01 Å². The highest BCUT2D eigenvalue weighted by atomic mass is 35.5. The molecule has 4 aliphatic rings. The van der Waals surface area contributed by atoms with Crippen molar-refractivity contribution in [2.24, 2.45) is 29.6 Å². The fraction of sp³-hybridized carbons (Fsp3) is 0.231. The van der Waals surface area contributed by atoms with E-state index in [0.717, 1.165) is 21.7 Å². The van der Waals surface area contributed by atoms with Crippen molar-refractivity contribution in [3.63, 3.8) is 0 Å². The van der Waals surface area contributed by atoms with Gasteiger partial charge >= 0.3 is 0 Å². The van der Waals surface area contributed by atoms with Crippen LogP contribution in [0.15, 0.2) is 121 Å². The van der Waals surface area contributed by atoms with Crippen molar-refractivity contribution in [2.45, 2.75) is 18.3 Å². The highest BCUT2D eigenvalue weighted by Gasteiger charge is 2.69.